The Morgan fingerprint density at radius 1 is 1.08 bits per heavy atom. The van der Waals surface area contributed by atoms with Crippen molar-refractivity contribution in [3.8, 4) is 0 Å². The maximum absolute atomic E-state index is 11.1. The molecule has 0 fully saturated rings. The van der Waals surface area contributed by atoms with Gasteiger partial charge < -0.3 is 4.18 Å². The number of rotatable bonds is 6. The van der Waals surface area contributed by atoms with Gasteiger partial charge in [0.15, 0.2) is 5.76 Å². The Morgan fingerprint density at radius 2 is 1.71 bits per heavy atom. The largest absolute Gasteiger partial charge is 0.446 e. The number of nitrogens with zero attached hydrogens (tertiary/aromatic N) is 3. The first-order valence-corrected chi connectivity index (χ1v) is 8.33. The summed E-state index contributed by atoms with van der Waals surface area (Å²) < 4.78 is 35.8. The second-order valence-electron chi connectivity index (χ2n) is 5.01. The van der Waals surface area contributed by atoms with Crippen LogP contribution in [0.25, 0.3) is 11.8 Å². The van der Waals surface area contributed by atoms with Crippen LogP contribution in [-0.2, 0) is 14.6 Å². The molecule has 0 radical (unpaired) electrons. The summed E-state index contributed by atoms with van der Waals surface area (Å²) in [5.41, 5.74) is 1.85. The van der Waals surface area contributed by atoms with E-state index >= 15 is 0 Å². The molecule has 1 N–H and O–H groups in total. The van der Waals surface area contributed by atoms with Crippen LogP contribution in [0.5, 0.6) is 0 Å². The molecule has 0 aromatic heterocycles. The van der Waals surface area contributed by atoms with Gasteiger partial charge in [0.1, 0.15) is 0 Å². The minimum atomic E-state index is -4.63. The molecule has 2 aromatic carbocycles. The molecule has 0 aliphatic heterocycles. The molecule has 8 heteroatoms. The van der Waals surface area contributed by atoms with Crippen LogP contribution < -0.4 is 0 Å². The summed E-state index contributed by atoms with van der Waals surface area (Å²) in [5, 5.41) is 9.46. The van der Waals surface area contributed by atoms with Crippen LogP contribution in [0.1, 0.15) is 11.1 Å². The minimum Gasteiger partial charge on any atom is -0.361 e. The van der Waals surface area contributed by atoms with Crippen molar-refractivity contribution in [3.63, 3.8) is 0 Å². The lowest BCUT2D eigenvalue weighted by Gasteiger charge is -2.07. The monoisotopic (exact) mass is 347 g/mol. The van der Waals surface area contributed by atoms with Crippen LogP contribution in [0.3, 0.4) is 0 Å². The summed E-state index contributed by atoms with van der Waals surface area (Å²) in [5.74, 6) is 0.0146. The van der Waals surface area contributed by atoms with Crippen LogP contribution in [-0.4, -0.2) is 32.1 Å². The van der Waals surface area contributed by atoms with E-state index in [0.29, 0.717) is 16.8 Å². The van der Waals surface area contributed by atoms with Gasteiger partial charge in [-0.15, -0.1) is 5.11 Å². The zero-order valence-corrected chi connectivity index (χ0v) is 14.0. The first-order valence-electron chi connectivity index (χ1n) is 6.96. The molecule has 2 aromatic rings. The highest BCUT2D eigenvalue weighted by Crippen LogP contribution is 2.22. The molecule has 0 amide bonds. The molecule has 0 heterocycles. The minimum absolute atomic E-state index is 0.0146. The summed E-state index contributed by atoms with van der Waals surface area (Å²) >= 11 is 0. The van der Waals surface area contributed by atoms with Crippen LogP contribution in [0.4, 0.5) is 5.69 Å². The molecular weight excluding hydrogens is 330 g/mol. The molecule has 0 saturated carbocycles. The van der Waals surface area contributed by atoms with Crippen molar-refractivity contribution in [1.82, 2.24) is 5.01 Å². The van der Waals surface area contributed by atoms with Gasteiger partial charge in [0.25, 0.3) is 0 Å². The van der Waals surface area contributed by atoms with Gasteiger partial charge >= 0.3 is 10.4 Å². The van der Waals surface area contributed by atoms with E-state index in [4.69, 9.17) is 4.55 Å². The van der Waals surface area contributed by atoms with E-state index < -0.39 is 10.4 Å². The summed E-state index contributed by atoms with van der Waals surface area (Å²) in [6, 6.07) is 15.6. The van der Waals surface area contributed by atoms with Crippen molar-refractivity contribution >= 4 is 27.9 Å². The fourth-order valence-electron chi connectivity index (χ4n) is 1.80. The van der Waals surface area contributed by atoms with Gasteiger partial charge in [0.2, 0.25) is 0 Å². The quantitative estimate of drug-likeness (QED) is 0.284. The molecular formula is C16H17N3O4S. The molecule has 7 nitrogen and oxygen atoms in total. The van der Waals surface area contributed by atoms with Gasteiger partial charge in [-0.25, -0.2) is 0 Å². The Labute approximate surface area is 140 Å². The highest BCUT2D eigenvalue weighted by atomic mass is 32.3. The third kappa shape index (κ3) is 5.82. The molecule has 0 bridgehead atoms. The van der Waals surface area contributed by atoms with Gasteiger partial charge in [-0.3, -0.25) is 9.56 Å². The molecule has 0 spiro atoms. The summed E-state index contributed by atoms with van der Waals surface area (Å²) in [6.07, 6.45) is 1.51. The normalized spacial score (nSPS) is 12.4. The number of hydrogen-bond acceptors (Lipinski definition) is 5. The predicted octanol–water partition coefficient (Wildman–Crippen LogP) is 3.56. The Morgan fingerprint density at radius 3 is 2.25 bits per heavy atom. The van der Waals surface area contributed by atoms with Gasteiger partial charge in [-0.2, -0.15) is 8.42 Å². The van der Waals surface area contributed by atoms with E-state index in [0.717, 1.165) is 0 Å². The van der Waals surface area contributed by atoms with Gasteiger partial charge in [-0.1, -0.05) is 47.7 Å². The van der Waals surface area contributed by atoms with Gasteiger partial charge in [0, 0.05) is 19.7 Å². The van der Waals surface area contributed by atoms with Crippen LogP contribution in [0, 0.1) is 0 Å². The van der Waals surface area contributed by atoms with E-state index in [9.17, 15) is 8.42 Å². The molecule has 126 valence electrons. The summed E-state index contributed by atoms with van der Waals surface area (Å²) in [4.78, 5) is 0. The Kier molecular flexibility index (Phi) is 5.67. The number of benzene rings is 2. The van der Waals surface area contributed by atoms with Crippen LogP contribution in [0.15, 0.2) is 64.9 Å². The summed E-state index contributed by atoms with van der Waals surface area (Å²) in [6.45, 7) is 0. The van der Waals surface area contributed by atoms with Crippen LogP contribution in [0.2, 0.25) is 0 Å². The SMILES string of the molecule is CN(C)N=Nc1ccc(/C=C(/OS(=O)(=O)O)c2ccccc2)cc1. The van der Waals surface area contributed by atoms with E-state index in [1.165, 1.54) is 6.08 Å². The average Bonchev–Trinajstić information content (AvgIpc) is 2.53. The maximum Gasteiger partial charge on any atom is 0.446 e. The van der Waals surface area contributed by atoms with E-state index in [1.54, 1.807) is 73.7 Å². The smallest absolute Gasteiger partial charge is 0.361 e. The maximum atomic E-state index is 11.1. The fraction of sp³-hybridized carbons (Fsp3) is 0.125. The Hall–Kier alpha value is -2.71. The van der Waals surface area contributed by atoms with E-state index in [2.05, 4.69) is 14.5 Å². The highest BCUT2D eigenvalue weighted by Gasteiger charge is 2.12. The van der Waals surface area contributed by atoms with Crippen molar-refractivity contribution in [2.24, 2.45) is 10.3 Å². The van der Waals surface area contributed by atoms with E-state index in [-0.39, 0.29) is 5.76 Å². The third-order valence-corrected chi connectivity index (χ3v) is 3.17. The zero-order valence-electron chi connectivity index (χ0n) is 13.2. The molecule has 0 unspecified atom stereocenters. The van der Waals surface area contributed by atoms with Crippen molar-refractivity contribution in [3.05, 3.63) is 65.7 Å². The van der Waals surface area contributed by atoms with Crippen molar-refractivity contribution in [2.45, 2.75) is 0 Å². The molecule has 2 rings (SSSR count). The lowest BCUT2D eigenvalue weighted by atomic mass is 10.1. The van der Waals surface area contributed by atoms with Gasteiger partial charge in [-0.05, 0) is 23.8 Å². The second-order valence-corrected chi connectivity index (χ2v) is 6.04. The van der Waals surface area contributed by atoms with Crippen molar-refractivity contribution < 1.29 is 17.2 Å². The average molecular weight is 347 g/mol. The lowest BCUT2D eigenvalue weighted by molar-refractivity contribution is 0.371. The third-order valence-electron chi connectivity index (χ3n) is 2.78. The predicted molar refractivity (Wildman–Crippen MR) is 91.6 cm³/mol. The lowest BCUT2D eigenvalue weighted by Crippen LogP contribution is -2.03. The first-order chi connectivity index (χ1) is 11.3. The number of hydrogen-bond donors (Lipinski definition) is 1. The van der Waals surface area contributed by atoms with Crippen molar-refractivity contribution in [1.29, 1.82) is 0 Å². The Balaban J connectivity index is 2.32. The molecule has 0 aliphatic carbocycles. The topological polar surface area (TPSA) is 91.6 Å². The zero-order chi connectivity index (χ0) is 17.6. The fourth-order valence-corrected chi connectivity index (χ4v) is 2.17. The Bertz CT molecular complexity index is 829. The van der Waals surface area contributed by atoms with Crippen LogP contribution >= 0.6 is 0 Å². The highest BCUT2D eigenvalue weighted by molar-refractivity contribution is 7.81. The summed E-state index contributed by atoms with van der Waals surface area (Å²) in [7, 11) is -1.10. The van der Waals surface area contributed by atoms with Crippen molar-refractivity contribution in [2.75, 3.05) is 14.1 Å². The molecule has 0 atom stereocenters. The van der Waals surface area contributed by atoms with Gasteiger partial charge in [0.05, 0.1) is 5.69 Å². The molecule has 24 heavy (non-hydrogen) atoms. The first kappa shape index (κ1) is 17.6. The standard InChI is InChI=1S/C16H17N3O4S/c1-19(2)18-17-15-10-8-13(9-11-15)12-16(23-24(20,21)22)14-6-4-3-5-7-14/h3-12H,1-2H3,(H,20,21,22)/b16-12+,18-17?. The molecule has 0 aliphatic rings. The van der Waals surface area contributed by atoms with E-state index in [1.807, 2.05) is 0 Å². The second kappa shape index (κ2) is 7.71. The molecule has 0 saturated heterocycles.